The normalized spacial score (nSPS) is 18.4. The van der Waals surface area contributed by atoms with Crippen LogP contribution in [0, 0.1) is 0 Å². The van der Waals surface area contributed by atoms with Crippen LogP contribution < -0.4 is 10.6 Å². The van der Waals surface area contributed by atoms with Crippen molar-refractivity contribution < 1.29 is 22.7 Å². The fourth-order valence-corrected chi connectivity index (χ4v) is 2.27. The lowest BCUT2D eigenvalue weighted by Crippen LogP contribution is -2.29. The SMILES string of the molecule is O=C(CCNCC1CCCO1)Nc1cccc(C(F)(F)F)c1. The first kappa shape index (κ1) is 16.8. The molecule has 0 bridgehead atoms. The number of halogens is 3. The number of alkyl halides is 3. The molecule has 1 aliphatic rings. The van der Waals surface area contributed by atoms with Crippen LogP contribution in [0.4, 0.5) is 18.9 Å². The molecule has 0 aliphatic carbocycles. The molecule has 122 valence electrons. The Kier molecular flexibility index (Phi) is 5.79. The molecular weight excluding hydrogens is 297 g/mol. The maximum Gasteiger partial charge on any atom is 0.416 e. The quantitative estimate of drug-likeness (QED) is 0.794. The van der Waals surface area contributed by atoms with Gasteiger partial charge in [0.15, 0.2) is 0 Å². The Bertz CT molecular complexity index is 500. The zero-order valence-corrected chi connectivity index (χ0v) is 12.1. The molecule has 1 atom stereocenters. The molecule has 2 rings (SSSR count). The average Bonchev–Trinajstić information content (AvgIpc) is 2.96. The van der Waals surface area contributed by atoms with E-state index in [-0.39, 0.29) is 24.1 Å². The molecule has 1 saturated heterocycles. The van der Waals surface area contributed by atoms with Gasteiger partial charge in [-0.15, -0.1) is 0 Å². The molecule has 4 nitrogen and oxygen atoms in total. The van der Waals surface area contributed by atoms with Crippen LogP contribution in [0.3, 0.4) is 0 Å². The number of ether oxygens (including phenoxy) is 1. The lowest BCUT2D eigenvalue weighted by atomic mass is 10.2. The van der Waals surface area contributed by atoms with E-state index < -0.39 is 11.7 Å². The summed E-state index contributed by atoms with van der Waals surface area (Å²) in [6, 6.07) is 4.61. The highest BCUT2D eigenvalue weighted by Gasteiger charge is 2.30. The number of carbonyl (C=O) groups is 1. The standard InChI is InChI=1S/C15H19F3N2O2/c16-15(17,18)11-3-1-4-12(9-11)20-14(21)6-7-19-10-13-5-2-8-22-13/h1,3-4,9,13,19H,2,5-8,10H2,(H,20,21). The summed E-state index contributed by atoms with van der Waals surface area (Å²) < 4.78 is 43.1. The highest BCUT2D eigenvalue weighted by Crippen LogP contribution is 2.30. The van der Waals surface area contributed by atoms with Crippen molar-refractivity contribution in [2.24, 2.45) is 0 Å². The largest absolute Gasteiger partial charge is 0.416 e. The number of rotatable bonds is 6. The molecule has 1 aromatic rings. The van der Waals surface area contributed by atoms with Crippen molar-refractivity contribution in [1.82, 2.24) is 5.32 Å². The van der Waals surface area contributed by atoms with Crippen molar-refractivity contribution in [3.63, 3.8) is 0 Å². The fourth-order valence-electron chi connectivity index (χ4n) is 2.27. The van der Waals surface area contributed by atoms with E-state index in [2.05, 4.69) is 10.6 Å². The van der Waals surface area contributed by atoms with Crippen molar-refractivity contribution in [1.29, 1.82) is 0 Å². The van der Waals surface area contributed by atoms with Gasteiger partial charge in [-0.05, 0) is 31.0 Å². The molecule has 1 unspecified atom stereocenters. The highest BCUT2D eigenvalue weighted by atomic mass is 19.4. The summed E-state index contributed by atoms with van der Waals surface area (Å²) in [5.74, 6) is -0.320. The maximum atomic E-state index is 12.6. The van der Waals surface area contributed by atoms with Crippen molar-refractivity contribution in [2.45, 2.75) is 31.5 Å². The zero-order chi connectivity index (χ0) is 16.0. The van der Waals surface area contributed by atoms with Gasteiger partial charge < -0.3 is 15.4 Å². The molecule has 0 spiro atoms. The predicted molar refractivity (Wildman–Crippen MR) is 76.5 cm³/mol. The Morgan fingerprint density at radius 3 is 2.86 bits per heavy atom. The summed E-state index contributed by atoms with van der Waals surface area (Å²) in [4.78, 5) is 11.7. The van der Waals surface area contributed by atoms with Gasteiger partial charge in [0.05, 0.1) is 11.7 Å². The number of anilines is 1. The van der Waals surface area contributed by atoms with Gasteiger partial charge in [-0.2, -0.15) is 13.2 Å². The Morgan fingerprint density at radius 1 is 1.36 bits per heavy atom. The molecule has 0 saturated carbocycles. The van der Waals surface area contributed by atoms with Crippen molar-refractivity contribution >= 4 is 11.6 Å². The third-order valence-corrected chi connectivity index (χ3v) is 3.40. The summed E-state index contributed by atoms with van der Waals surface area (Å²) in [6.07, 6.45) is -1.94. The van der Waals surface area contributed by atoms with Crippen molar-refractivity contribution in [3.8, 4) is 0 Å². The van der Waals surface area contributed by atoms with Crippen LogP contribution in [0.1, 0.15) is 24.8 Å². The van der Waals surface area contributed by atoms with Crippen LogP contribution >= 0.6 is 0 Å². The molecule has 1 amide bonds. The van der Waals surface area contributed by atoms with Gasteiger partial charge in [0.25, 0.3) is 0 Å². The van der Waals surface area contributed by atoms with E-state index in [0.29, 0.717) is 13.1 Å². The van der Waals surface area contributed by atoms with Crippen LogP contribution in [0.15, 0.2) is 24.3 Å². The zero-order valence-electron chi connectivity index (χ0n) is 12.1. The topological polar surface area (TPSA) is 50.4 Å². The van der Waals surface area contributed by atoms with Crippen LogP contribution in [-0.4, -0.2) is 31.7 Å². The van der Waals surface area contributed by atoms with Gasteiger partial charge >= 0.3 is 6.18 Å². The Balaban J connectivity index is 1.72. The Labute approximate surface area is 127 Å². The first-order chi connectivity index (χ1) is 10.4. The van der Waals surface area contributed by atoms with E-state index in [1.54, 1.807) is 0 Å². The highest BCUT2D eigenvalue weighted by molar-refractivity contribution is 5.90. The minimum atomic E-state index is -4.41. The van der Waals surface area contributed by atoms with E-state index >= 15 is 0 Å². The molecule has 0 radical (unpaired) electrons. The fraction of sp³-hybridized carbons (Fsp3) is 0.533. The molecule has 7 heteroatoms. The second-order valence-corrected chi connectivity index (χ2v) is 5.22. The molecule has 0 aromatic heterocycles. The van der Waals surface area contributed by atoms with Crippen LogP contribution in [0.2, 0.25) is 0 Å². The van der Waals surface area contributed by atoms with E-state index in [1.165, 1.54) is 12.1 Å². The lowest BCUT2D eigenvalue weighted by molar-refractivity contribution is -0.137. The summed E-state index contributed by atoms with van der Waals surface area (Å²) in [6.45, 7) is 1.93. The lowest BCUT2D eigenvalue weighted by Gasteiger charge is -2.11. The monoisotopic (exact) mass is 316 g/mol. The summed E-state index contributed by atoms with van der Waals surface area (Å²) in [7, 11) is 0. The van der Waals surface area contributed by atoms with Gasteiger partial charge in [-0.25, -0.2) is 0 Å². The first-order valence-electron chi connectivity index (χ1n) is 7.24. The minimum Gasteiger partial charge on any atom is -0.377 e. The molecule has 1 aromatic carbocycles. The third-order valence-electron chi connectivity index (χ3n) is 3.40. The minimum absolute atomic E-state index is 0.152. The number of hydrogen-bond acceptors (Lipinski definition) is 3. The number of hydrogen-bond donors (Lipinski definition) is 2. The third kappa shape index (κ3) is 5.31. The van der Waals surface area contributed by atoms with Gasteiger partial charge in [-0.3, -0.25) is 4.79 Å². The molecule has 22 heavy (non-hydrogen) atoms. The van der Waals surface area contributed by atoms with Gasteiger partial charge in [0.1, 0.15) is 0 Å². The van der Waals surface area contributed by atoms with Crippen molar-refractivity contribution in [2.75, 3.05) is 25.0 Å². The molecule has 1 heterocycles. The Morgan fingerprint density at radius 2 is 2.18 bits per heavy atom. The predicted octanol–water partition coefficient (Wildman–Crippen LogP) is 2.80. The van der Waals surface area contributed by atoms with Crippen molar-refractivity contribution in [3.05, 3.63) is 29.8 Å². The van der Waals surface area contributed by atoms with Gasteiger partial charge in [0, 0.05) is 31.8 Å². The second kappa shape index (κ2) is 7.60. The van der Waals surface area contributed by atoms with Gasteiger partial charge in [0.2, 0.25) is 5.91 Å². The second-order valence-electron chi connectivity index (χ2n) is 5.22. The molecule has 2 N–H and O–H groups in total. The van der Waals surface area contributed by atoms with E-state index in [4.69, 9.17) is 4.74 Å². The van der Waals surface area contributed by atoms with Gasteiger partial charge in [-0.1, -0.05) is 6.07 Å². The van der Waals surface area contributed by atoms with E-state index in [0.717, 1.165) is 31.6 Å². The summed E-state index contributed by atoms with van der Waals surface area (Å²) in [5.41, 5.74) is -0.624. The molecular formula is C15H19F3N2O2. The number of carbonyl (C=O) groups excluding carboxylic acids is 1. The smallest absolute Gasteiger partial charge is 0.377 e. The van der Waals surface area contributed by atoms with E-state index in [1.807, 2.05) is 0 Å². The summed E-state index contributed by atoms with van der Waals surface area (Å²) >= 11 is 0. The average molecular weight is 316 g/mol. The van der Waals surface area contributed by atoms with Crippen LogP contribution in [-0.2, 0) is 15.7 Å². The Hall–Kier alpha value is -1.60. The van der Waals surface area contributed by atoms with Crippen LogP contribution in [0.5, 0.6) is 0 Å². The number of benzene rings is 1. The first-order valence-corrected chi connectivity index (χ1v) is 7.24. The van der Waals surface area contributed by atoms with Crippen LogP contribution in [0.25, 0.3) is 0 Å². The number of nitrogens with one attached hydrogen (secondary N) is 2. The summed E-state index contributed by atoms with van der Waals surface area (Å²) in [5, 5.41) is 5.59. The number of amides is 1. The molecule has 1 fully saturated rings. The maximum absolute atomic E-state index is 12.6. The molecule has 1 aliphatic heterocycles. The van der Waals surface area contributed by atoms with E-state index in [9.17, 15) is 18.0 Å².